The molecule has 1 aliphatic heterocycles. The third kappa shape index (κ3) is 3.56. The molecular formula is C19H17N3O4S. The molecule has 0 unspecified atom stereocenters. The summed E-state index contributed by atoms with van der Waals surface area (Å²) in [6.07, 6.45) is 0.622. The summed E-state index contributed by atoms with van der Waals surface area (Å²) in [4.78, 5) is 12.4. The van der Waals surface area contributed by atoms with Crippen LogP contribution in [0.5, 0.6) is 0 Å². The summed E-state index contributed by atoms with van der Waals surface area (Å²) in [5, 5.41) is 6.55. The van der Waals surface area contributed by atoms with E-state index in [2.05, 4.69) is 10.5 Å². The molecule has 0 bridgehead atoms. The van der Waals surface area contributed by atoms with Gasteiger partial charge in [0.05, 0.1) is 11.4 Å². The molecule has 0 aliphatic carbocycles. The van der Waals surface area contributed by atoms with Crippen LogP contribution in [0.4, 0.5) is 11.4 Å². The summed E-state index contributed by atoms with van der Waals surface area (Å²) in [5.74, 6) is 0.277. The van der Waals surface area contributed by atoms with E-state index in [-0.39, 0.29) is 11.4 Å². The minimum atomic E-state index is -3.22. The Morgan fingerprint density at radius 2 is 1.81 bits per heavy atom. The molecule has 27 heavy (non-hydrogen) atoms. The molecule has 0 saturated carbocycles. The molecule has 1 aromatic heterocycles. The molecule has 0 atom stereocenters. The first-order chi connectivity index (χ1) is 13.0. The number of hydrogen-bond donors (Lipinski definition) is 1. The molecule has 1 amide bonds. The van der Waals surface area contributed by atoms with E-state index in [0.717, 1.165) is 5.56 Å². The summed E-state index contributed by atoms with van der Waals surface area (Å²) >= 11 is 0. The number of nitrogens with zero attached hydrogens (tertiary/aromatic N) is 2. The van der Waals surface area contributed by atoms with Gasteiger partial charge in [0, 0.05) is 23.9 Å². The maximum atomic E-state index is 12.4. The largest absolute Gasteiger partial charge is 0.355 e. The molecule has 1 aliphatic rings. The average Bonchev–Trinajstić information content (AvgIpc) is 3.30. The third-order valence-corrected chi connectivity index (χ3v) is 6.18. The molecule has 4 rings (SSSR count). The highest BCUT2D eigenvalue weighted by molar-refractivity contribution is 7.93. The summed E-state index contributed by atoms with van der Waals surface area (Å²) in [6.45, 7) is 0.481. The Balaban J connectivity index is 1.47. The lowest BCUT2D eigenvalue weighted by atomic mass is 10.1. The maximum Gasteiger partial charge on any atom is 0.277 e. The van der Waals surface area contributed by atoms with E-state index < -0.39 is 15.9 Å². The number of hydrogen-bond acceptors (Lipinski definition) is 5. The molecule has 3 aromatic rings. The van der Waals surface area contributed by atoms with Crippen molar-refractivity contribution in [2.75, 3.05) is 21.9 Å². The highest BCUT2D eigenvalue weighted by Crippen LogP contribution is 2.26. The highest BCUT2D eigenvalue weighted by Gasteiger charge is 2.28. The van der Waals surface area contributed by atoms with Crippen molar-refractivity contribution in [3.63, 3.8) is 0 Å². The van der Waals surface area contributed by atoms with E-state index in [1.54, 1.807) is 30.3 Å². The minimum absolute atomic E-state index is 0.167. The Labute approximate surface area is 156 Å². The van der Waals surface area contributed by atoms with Crippen LogP contribution in [0.1, 0.15) is 16.9 Å². The van der Waals surface area contributed by atoms with Crippen LogP contribution in [0, 0.1) is 0 Å². The predicted octanol–water partition coefficient (Wildman–Crippen LogP) is 3.13. The van der Waals surface area contributed by atoms with Gasteiger partial charge in [-0.3, -0.25) is 9.10 Å². The van der Waals surface area contributed by atoms with Gasteiger partial charge in [-0.1, -0.05) is 35.5 Å². The number of aromatic nitrogens is 1. The number of amides is 1. The number of carbonyl (C=O) groups is 1. The lowest BCUT2D eigenvalue weighted by molar-refractivity contribution is 0.101. The van der Waals surface area contributed by atoms with Crippen LogP contribution < -0.4 is 9.62 Å². The quantitative estimate of drug-likeness (QED) is 0.747. The van der Waals surface area contributed by atoms with Crippen LogP contribution in [0.15, 0.2) is 65.2 Å². The predicted molar refractivity (Wildman–Crippen MR) is 102 cm³/mol. The van der Waals surface area contributed by atoms with Gasteiger partial charge < -0.3 is 9.84 Å². The molecule has 2 aromatic carbocycles. The van der Waals surface area contributed by atoms with E-state index in [0.29, 0.717) is 30.1 Å². The van der Waals surface area contributed by atoms with Crippen molar-refractivity contribution in [3.8, 4) is 11.3 Å². The molecule has 2 heterocycles. The van der Waals surface area contributed by atoms with E-state index in [1.807, 2.05) is 30.3 Å². The Morgan fingerprint density at radius 3 is 2.48 bits per heavy atom. The van der Waals surface area contributed by atoms with Gasteiger partial charge in [0.15, 0.2) is 11.5 Å². The first-order valence-electron chi connectivity index (χ1n) is 8.47. The second-order valence-corrected chi connectivity index (χ2v) is 8.20. The first kappa shape index (κ1) is 17.3. The molecule has 1 saturated heterocycles. The lowest BCUT2D eigenvalue weighted by Gasteiger charge is -2.17. The zero-order chi connectivity index (χ0) is 18.9. The fraction of sp³-hybridized carbons (Fsp3) is 0.158. The van der Waals surface area contributed by atoms with Gasteiger partial charge in [0.1, 0.15) is 0 Å². The van der Waals surface area contributed by atoms with Crippen LogP contribution in [-0.4, -0.2) is 31.8 Å². The van der Waals surface area contributed by atoms with Crippen molar-refractivity contribution in [1.82, 2.24) is 5.16 Å². The highest BCUT2D eigenvalue weighted by atomic mass is 32.2. The van der Waals surface area contributed by atoms with Gasteiger partial charge in [-0.05, 0) is 30.7 Å². The van der Waals surface area contributed by atoms with Crippen molar-refractivity contribution >= 4 is 27.3 Å². The number of anilines is 2. The third-order valence-electron chi connectivity index (χ3n) is 4.31. The van der Waals surface area contributed by atoms with Crippen molar-refractivity contribution in [2.45, 2.75) is 6.42 Å². The fourth-order valence-corrected chi connectivity index (χ4v) is 4.52. The molecule has 1 fully saturated rings. The Bertz CT molecular complexity index is 1060. The summed E-state index contributed by atoms with van der Waals surface area (Å²) in [5.41, 5.74) is 2.14. The Hall–Kier alpha value is -3.13. The van der Waals surface area contributed by atoms with Crippen LogP contribution in [0.3, 0.4) is 0 Å². The smallest absolute Gasteiger partial charge is 0.277 e. The number of nitrogens with one attached hydrogen (secondary N) is 1. The van der Waals surface area contributed by atoms with E-state index in [9.17, 15) is 13.2 Å². The molecule has 138 valence electrons. The zero-order valence-corrected chi connectivity index (χ0v) is 15.1. The van der Waals surface area contributed by atoms with Crippen molar-refractivity contribution in [1.29, 1.82) is 0 Å². The van der Waals surface area contributed by atoms with Gasteiger partial charge in [-0.15, -0.1) is 0 Å². The molecule has 7 nitrogen and oxygen atoms in total. The average molecular weight is 383 g/mol. The molecule has 1 N–H and O–H groups in total. The topological polar surface area (TPSA) is 92.5 Å². The molecular weight excluding hydrogens is 366 g/mol. The second-order valence-electron chi connectivity index (χ2n) is 6.19. The first-order valence-corrected chi connectivity index (χ1v) is 10.1. The van der Waals surface area contributed by atoms with Gasteiger partial charge in [-0.2, -0.15) is 0 Å². The van der Waals surface area contributed by atoms with Crippen LogP contribution in [0.2, 0.25) is 0 Å². The van der Waals surface area contributed by atoms with E-state index in [1.165, 1.54) is 4.31 Å². The van der Waals surface area contributed by atoms with E-state index in [4.69, 9.17) is 4.52 Å². The number of benzene rings is 2. The Morgan fingerprint density at radius 1 is 1.07 bits per heavy atom. The van der Waals surface area contributed by atoms with Gasteiger partial charge in [0.2, 0.25) is 10.0 Å². The van der Waals surface area contributed by atoms with Crippen molar-refractivity contribution in [2.24, 2.45) is 0 Å². The van der Waals surface area contributed by atoms with Crippen LogP contribution >= 0.6 is 0 Å². The van der Waals surface area contributed by atoms with Gasteiger partial charge >= 0.3 is 0 Å². The van der Waals surface area contributed by atoms with E-state index >= 15 is 0 Å². The number of rotatable bonds is 4. The zero-order valence-electron chi connectivity index (χ0n) is 14.3. The lowest BCUT2D eigenvalue weighted by Crippen LogP contribution is -2.25. The molecule has 0 radical (unpaired) electrons. The normalized spacial score (nSPS) is 15.6. The van der Waals surface area contributed by atoms with Gasteiger partial charge in [-0.25, -0.2) is 8.42 Å². The molecule has 0 spiro atoms. The van der Waals surface area contributed by atoms with Crippen LogP contribution in [-0.2, 0) is 10.0 Å². The van der Waals surface area contributed by atoms with Crippen molar-refractivity contribution in [3.05, 3.63) is 66.4 Å². The number of sulfonamides is 1. The minimum Gasteiger partial charge on any atom is -0.355 e. The summed E-state index contributed by atoms with van der Waals surface area (Å²) in [6, 6.07) is 17.6. The Kier molecular flexibility index (Phi) is 4.41. The monoisotopic (exact) mass is 383 g/mol. The standard InChI is InChI=1S/C19H17N3O4S/c23-19(17-13-18(26-21-17)14-5-2-1-3-6-14)20-15-7-9-16(10-8-15)22-11-4-12-27(22,24)25/h1-3,5-10,13H,4,11-12H2,(H,20,23). The fourth-order valence-electron chi connectivity index (χ4n) is 2.96. The summed E-state index contributed by atoms with van der Waals surface area (Å²) in [7, 11) is -3.22. The second kappa shape index (κ2) is 6.88. The summed E-state index contributed by atoms with van der Waals surface area (Å²) < 4.78 is 30.6. The maximum absolute atomic E-state index is 12.4. The number of carbonyl (C=O) groups excluding carboxylic acids is 1. The van der Waals surface area contributed by atoms with Gasteiger partial charge in [0.25, 0.3) is 5.91 Å². The molecule has 8 heteroatoms. The van der Waals surface area contributed by atoms with Crippen LogP contribution in [0.25, 0.3) is 11.3 Å². The van der Waals surface area contributed by atoms with Crippen molar-refractivity contribution < 1.29 is 17.7 Å². The SMILES string of the molecule is O=C(Nc1ccc(N2CCCS2(=O)=O)cc1)c1cc(-c2ccccc2)on1.